The summed E-state index contributed by atoms with van der Waals surface area (Å²) in [6.45, 7) is 7.18. The highest BCUT2D eigenvalue weighted by Gasteiger charge is 2.25. The van der Waals surface area contributed by atoms with Crippen molar-refractivity contribution in [3.05, 3.63) is 52.2 Å². The van der Waals surface area contributed by atoms with Crippen LogP contribution in [-0.2, 0) is 13.0 Å². The molecule has 1 amide bonds. The van der Waals surface area contributed by atoms with Crippen molar-refractivity contribution in [2.24, 2.45) is 5.92 Å². The van der Waals surface area contributed by atoms with E-state index in [1.165, 1.54) is 4.68 Å². The molecular formula is C23H28N6O2. The molecule has 0 saturated carbocycles. The third-order valence-electron chi connectivity index (χ3n) is 6.52. The van der Waals surface area contributed by atoms with Crippen LogP contribution in [0, 0.1) is 5.92 Å². The minimum Gasteiger partial charge on any atom is -0.339 e. The van der Waals surface area contributed by atoms with Crippen molar-refractivity contribution >= 4 is 23.1 Å². The Morgan fingerprint density at radius 1 is 1.19 bits per heavy atom. The van der Waals surface area contributed by atoms with Crippen LogP contribution in [0.4, 0.5) is 11.5 Å². The maximum absolute atomic E-state index is 13.0. The van der Waals surface area contributed by atoms with E-state index in [0.717, 1.165) is 62.4 Å². The highest BCUT2D eigenvalue weighted by atomic mass is 16.2. The Morgan fingerprint density at radius 3 is 2.77 bits per heavy atom. The monoisotopic (exact) mass is 420 g/mol. The minimum atomic E-state index is -0.128. The Bertz CT molecular complexity index is 1190. The Hall–Kier alpha value is -3.16. The van der Waals surface area contributed by atoms with Crippen LogP contribution in [0.1, 0.15) is 49.0 Å². The first-order chi connectivity index (χ1) is 15.0. The van der Waals surface area contributed by atoms with Crippen LogP contribution in [0.15, 0.2) is 35.4 Å². The molecule has 0 atom stereocenters. The van der Waals surface area contributed by atoms with E-state index in [-0.39, 0.29) is 11.6 Å². The highest BCUT2D eigenvalue weighted by molar-refractivity contribution is 5.94. The van der Waals surface area contributed by atoms with Crippen molar-refractivity contribution in [3.8, 4) is 0 Å². The predicted molar refractivity (Wildman–Crippen MR) is 119 cm³/mol. The minimum absolute atomic E-state index is 0.0882. The Kier molecular flexibility index (Phi) is 5.00. The molecule has 0 N–H and O–H groups in total. The van der Waals surface area contributed by atoms with Gasteiger partial charge in [0.2, 0.25) is 0 Å². The first-order valence-electron chi connectivity index (χ1n) is 11.2. The fourth-order valence-electron chi connectivity index (χ4n) is 4.61. The van der Waals surface area contributed by atoms with Gasteiger partial charge in [0.25, 0.3) is 5.91 Å². The van der Waals surface area contributed by atoms with Gasteiger partial charge in [-0.1, -0.05) is 6.92 Å². The summed E-state index contributed by atoms with van der Waals surface area (Å²) >= 11 is 0. The molecule has 162 valence electrons. The van der Waals surface area contributed by atoms with Gasteiger partial charge < -0.3 is 9.80 Å². The number of piperidine rings is 1. The number of carbonyl (C=O) groups excluding carboxylic acids is 1. The molecule has 8 nitrogen and oxygen atoms in total. The number of hydrogen-bond acceptors (Lipinski definition) is 5. The standard InChI is InChI=1S/C23H28N6O2/c1-3-29-23(31)28-12-8-19(14-20(28)25-29)27-9-4-5-17-13-18(15-24-21(17)27)22(30)26-10-6-16(2)7-11-26/h8,12-16H,3-7,9-11H2,1-2H3. The second-order valence-electron chi connectivity index (χ2n) is 8.65. The van der Waals surface area contributed by atoms with Crippen molar-refractivity contribution in [3.63, 3.8) is 0 Å². The van der Waals surface area contributed by atoms with Gasteiger partial charge in [-0.05, 0) is 56.2 Å². The topological polar surface area (TPSA) is 75.7 Å². The van der Waals surface area contributed by atoms with E-state index in [4.69, 9.17) is 4.98 Å². The quantitative estimate of drug-likeness (QED) is 0.651. The number of nitrogens with zero attached hydrogens (tertiary/aromatic N) is 6. The first-order valence-corrected chi connectivity index (χ1v) is 11.2. The number of aryl methyl sites for hydroxylation is 2. The molecule has 5 heterocycles. The van der Waals surface area contributed by atoms with Crippen LogP contribution < -0.4 is 10.6 Å². The number of anilines is 2. The summed E-state index contributed by atoms with van der Waals surface area (Å²) in [5, 5.41) is 4.41. The highest BCUT2D eigenvalue weighted by Crippen LogP contribution is 2.32. The summed E-state index contributed by atoms with van der Waals surface area (Å²) in [5.41, 5.74) is 3.23. The Balaban J connectivity index is 1.44. The van der Waals surface area contributed by atoms with Crippen molar-refractivity contribution < 1.29 is 4.79 Å². The lowest BCUT2D eigenvalue weighted by Gasteiger charge is -2.32. The zero-order chi connectivity index (χ0) is 21.5. The summed E-state index contributed by atoms with van der Waals surface area (Å²) in [6.07, 6.45) is 7.51. The lowest BCUT2D eigenvalue weighted by atomic mass is 9.98. The number of pyridine rings is 2. The van der Waals surface area contributed by atoms with Crippen LogP contribution in [-0.4, -0.2) is 49.6 Å². The Labute approximate surface area is 181 Å². The second-order valence-corrected chi connectivity index (χ2v) is 8.65. The van der Waals surface area contributed by atoms with Crippen LogP contribution in [0.3, 0.4) is 0 Å². The van der Waals surface area contributed by atoms with Gasteiger partial charge in [0.05, 0.1) is 5.56 Å². The van der Waals surface area contributed by atoms with Gasteiger partial charge >= 0.3 is 5.69 Å². The number of aromatic nitrogens is 4. The van der Waals surface area contributed by atoms with Gasteiger partial charge in [-0.15, -0.1) is 5.10 Å². The summed E-state index contributed by atoms with van der Waals surface area (Å²) in [6, 6.07) is 5.88. The number of likely N-dealkylation sites (tertiary alicyclic amines) is 1. The summed E-state index contributed by atoms with van der Waals surface area (Å²) in [5.74, 6) is 1.66. The van der Waals surface area contributed by atoms with Gasteiger partial charge in [-0.3, -0.25) is 9.20 Å². The van der Waals surface area contributed by atoms with Gasteiger partial charge in [0.1, 0.15) is 5.82 Å². The molecule has 0 radical (unpaired) electrons. The molecule has 3 aromatic rings. The fraction of sp³-hybridized carbons (Fsp3) is 0.478. The van der Waals surface area contributed by atoms with E-state index in [1.54, 1.807) is 16.8 Å². The van der Waals surface area contributed by atoms with Crippen LogP contribution >= 0.6 is 0 Å². The zero-order valence-electron chi connectivity index (χ0n) is 18.1. The van der Waals surface area contributed by atoms with E-state index < -0.39 is 0 Å². The molecule has 3 aromatic heterocycles. The molecule has 0 aromatic carbocycles. The van der Waals surface area contributed by atoms with Gasteiger partial charge in [-0.2, -0.15) is 0 Å². The summed E-state index contributed by atoms with van der Waals surface area (Å²) in [4.78, 5) is 34.1. The van der Waals surface area contributed by atoms with E-state index in [1.807, 2.05) is 30.0 Å². The Morgan fingerprint density at radius 2 is 2.00 bits per heavy atom. The SMILES string of the molecule is CCn1nc2cc(N3CCCc4cc(C(=O)N5CCC(C)CC5)cnc43)ccn2c1=O. The van der Waals surface area contributed by atoms with Crippen molar-refractivity contribution in [2.75, 3.05) is 24.5 Å². The average molecular weight is 421 g/mol. The zero-order valence-corrected chi connectivity index (χ0v) is 18.1. The molecule has 0 spiro atoms. The number of amides is 1. The largest absolute Gasteiger partial charge is 0.350 e. The number of hydrogen-bond donors (Lipinski definition) is 0. The summed E-state index contributed by atoms with van der Waals surface area (Å²) in [7, 11) is 0. The van der Waals surface area contributed by atoms with E-state index >= 15 is 0 Å². The van der Waals surface area contributed by atoms with E-state index in [9.17, 15) is 9.59 Å². The van der Waals surface area contributed by atoms with Crippen LogP contribution in [0.2, 0.25) is 0 Å². The van der Waals surface area contributed by atoms with Gasteiger partial charge in [0.15, 0.2) is 5.65 Å². The molecule has 31 heavy (non-hydrogen) atoms. The molecule has 0 unspecified atom stereocenters. The van der Waals surface area contributed by atoms with E-state index in [2.05, 4.69) is 16.9 Å². The first kappa shape index (κ1) is 19.8. The molecule has 1 fully saturated rings. The number of fused-ring (bicyclic) bond motifs is 2. The van der Waals surface area contributed by atoms with Crippen molar-refractivity contribution in [1.82, 2.24) is 24.1 Å². The molecular weight excluding hydrogens is 392 g/mol. The normalized spacial score (nSPS) is 17.2. The van der Waals surface area contributed by atoms with Crippen molar-refractivity contribution in [2.45, 2.75) is 46.1 Å². The smallest absolute Gasteiger partial charge is 0.339 e. The predicted octanol–water partition coefficient (Wildman–Crippen LogP) is 2.87. The lowest BCUT2D eigenvalue weighted by molar-refractivity contribution is 0.0696. The molecule has 0 aliphatic carbocycles. The molecule has 2 aliphatic heterocycles. The molecule has 2 aliphatic rings. The van der Waals surface area contributed by atoms with Crippen LogP contribution in [0.5, 0.6) is 0 Å². The van der Waals surface area contributed by atoms with Crippen molar-refractivity contribution in [1.29, 1.82) is 0 Å². The molecule has 1 saturated heterocycles. The second kappa shape index (κ2) is 7.83. The van der Waals surface area contributed by atoms with Gasteiger partial charge in [-0.25, -0.2) is 14.5 Å². The molecule has 8 heteroatoms. The fourth-order valence-corrected chi connectivity index (χ4v) is 4.61. The van der Waals surface area contributed by atoms with Crippen LogP contribution in [0.25, 0.3) is 5.65 Å². The third kappa shape index (κ3) is 3.49. The van der Waals surface area contributed by atoms with Gasteiger partial charge in [0, 0.05) is 50.3 Å². The summed E-state index contributed by atoms with van der Waals surface area (Å²) < 4.78 is 3.02. The number of rotatable bonds is 3. The lowest BCUT2D eigenvalue weighted by Crippen LogP contribution is -2.38. The van der Waals surface area contributed by atoms with E-state index in [0.29, 0.717) is 23.7 Å². The number of carbonyl (C=O) groups is 1. The molecule has 5 rings (SSSR count). The maximum Gasteiger partial charge on any atom is 0.350 e. The third-order valence-corrected chi connectivity index (χ3v) is 6.52. The average Bonchev–Trinajstić information content (AvgIpc) is 3.13. The molecule has 0 bridgehead atoms. The maximum atomic E-state index is 13.0.